The molecule has 3 aromatic rings. The minimum atomic E-state index is 0.00522. The Morgan fingerprint density at radius 3 is 2.63 bits per heavy atom. The molecule has 4 rings (SSSR count). The van der Waals surface area contributed by atoms with Gasteiger partial charge in [0.05, 0.1) is 22.9 Å². The lowest BCUT2D eigenvalue weighted by molar-refractivity contribution is -0.134. The van der Waals surface area contributed by atoms with Crippen molar-refractivity contribution in [3.05, 3.63) is 53.5 Å². The van der Waals surface area contributed by atoms with Gasteiger partial charge in [0.1, 0.15) is 16.5 Å². The van der Waals surface area contributed by atoms with Crippen LogP contribution in [0, 0.1) is 0 Å². The van der Waals surface area contributed by atoms with E-state index in [9.17, 15) is 4.79 Å². The van der Waals surface area contributed by atoms with Gasteiger partial charge >= 0.3 is 0 Å². The highest BCUT2D eigenvalue weighted by Crippen LogP contribution is 2.36. The Hall–Kier alpha value is -2.60. The van der Waals surface area contributed by atoms with Crippen LogP contribution in [0.5, 0.6) is 11.5 Å². The molecular weight excluding hydrogens is 360 g/mol. The molecule has 1 saturated heterocycles. The van der Waals surface area contributed by atoms with Crippen LogP contribution in [0.3, 0.4) is 0 Å². The Balaban J connectivity index is 1.41. The second kappa shape index (κ2) is 7.96. The van der Waals surface area contributed by atoms with E-state index in [1.54, 1.807) is 11.3 Å². The summed E-state index contributed by atoms with van der Waals surface area (Å²) in [5, 5.41) is 1.02. The Labute approximate surface area is 162 Å². The number of para-hydroxylation sites is 1. The summed E-state index contributed by atoms with van der Waals surface area (Å²) in [5.74, 6) is 1.47. The molecule has 1 fully saturated rings. The second-order valence-electron chi connectivity index (χ2n) is 6.46. The van der Waals surface area contributed by atoms with Gasteiger partial charge in [0, 0.05) is 6.54 Å². The number of likely N-dealkylation sites (tertiary alicyclic amines) is 1. The van der Waals surface area contributed by atoms with Gasteiger partial charge in [0.25, 0.3) is 5.91 Å². The number of rotatable bonds is 6. The van der Waals surface area contributed by atoms with Gasteiger partial charge in [-0.25, -0.2) is 4.98 Å². The summed E-state index contributed by atoms with van der Waals surface area (Å²) >= 11 is 1.68. The van der Waals surface area contributed by atoms with Crippen molar-refractivity contribution in [2.24, 2.45) is 0 Å². The Bertz CT molecular complexity index is 890. The number of aromatic nitrogens is 1. The number of carbonyl (C=O) groups excluding carboxylic acids is 1. The number of amides is 1. The van der Waals surface area contributed by atoms with E-state index in [2.05, 4.69) is 6.07 Å². The van der Waals surface area contributed by atoms with Gasteiger partial charge in [0.2, 0.25) is 0 Å². The number of ether oxygens (including phenoxy) is 2. The molecule has 1 aromatic heterocycles. The van der Waals surface area contributed by atoms with Crippen molar-refractivity contribution < 1.29 is 14.3 Å². The van der Waals surface area contributed by atoms with Crippen LogP contribution in [0.1, 0.15) is 30.8 Å². The highest BCUT2D eigenvalue weighted by atomic mass is 32.1. The highest BCUT2D eigenvalue weighted by Gasteiger charge is 2.32. The number of carbonyl (C=O) groups is 1. The minimum Gasteiger partial charge on any atom is -0.494 e. The summed E-state index contributed by atoms with van der Waals surface area (Å²) < 4.78 is 12.3. The normalized spacial score (nSPS) is 16.6. The molecule has 0 saturated carbocycles. The van der Waals surface area contributed by atoms with Crippen LogP contribution >= 0.6 is 11.3 Å². The molecule has 0 radical (unpaired) electrons. The number of benzene rings is 2. The monoisotopic (exact) mass is 382 g/mol. The smallest absolute Gasteiger partial charge is 0.261 e. The lowest BCUT2D eigenvalue weighted by atomic mass is 10.2. The summed E-state index contributed by atoms with van der Waals surface area (Å²) in [6.07, 6.45) is 1.95. The van der Waals surface area contributed by atoms with E-state index >= 15 is 0 Å². The van der Waals surface area contributed by atoms with Crippen molar-refractivity contribution in [1.82, 2.24) is 9.88 Å². The predicted octanol–water partition coefficient (Wildman–Crippen LogP) is 4.44. The lowest BCUT2D eigenvalue weighted by Gasteiger charge is -2.23. The van der Waals surface area contributed by atoms with Gasteiger partial charge in [-0.05, 0) is 56.2 Å². The van der Waals surface area contributed by atoms with Gasteiger partial charge in [-0.3, -0.25) is 4.79 Å². The van der Waals surface area contributed by atoms with Gasteiger partial charge in [-0.2, -0.15) is 0 Å². The van der Waals surface area contributed by atoms with Gasteiger partial charge < -0.3 is 14.4 Å². The van der Waals surface area contributed by atoms with Crippen molar-refractivity contribution in [1.29, 1.82) is 0 Å². The largest absolute Gasteiger partial charge is 0.494 e. The van der Waals surface area contributed by atoms with Crippen molar-refractivity contribution in [2.45, 2.75) is 25.8 Å². The molecule has 1 unspecified atom stereocenters. The summed E-state index contributed by atoms with van der Waals surface area (Å²) in [5.41, 5.74) is 1.00. The summed E-state index contributed by atoms with van der Waals surface area (Å²) in [6, 6.07) is 15.5. The summed E-state index contributed by atoms with van der Waals surface area (Å²) in [7, 11) is 0. The molecule has 0 spiro atoms. The number of fused-ring (bicyclic) bond motifs is 1. The van der Waals surface area contributed by atoms with Crippen LogP contribution in [-0.4, -0.2) is 35.5 Å². The SMILES string of the molecule is CCOc1ccc(OCC(=O)N2CCCC2c2nc3ccccc3s2)cc1. The van der Waals surface area contributed by atoms with Gasteiger partial charge in [0.15, 0.2) is 6.61 Å². The van der Waals surface area contributed by atoms with Crippen LogP contribution in [0.2, 0.25) is 0 Å². The molecule has 1 aliphatic heterocycles. The molecule has 0 bridgehead atoms. The van der Waals surface area contributed by atoms with Crippen LogP contribution in [0.15, 0.2) is 48.5 Å². The molecule has 6 heteroatoms. The summed E-state index contributed by atoms with van der Waals surface area (Å²) in [4.78, 5) is 19.4. The summed E-state index contributed by atoms with van der Waals surface area (Å²) in [6.45, 7) is 3.36. The molecule has 1 aliphatic rings. The third kappa shape index (κ3) is 3.90. The van der Waals surface area contributed by atoms with Crippen LogP contribution in [0.25, 0.3) is 10.2 Å². The molecule has 0 aliphatic carbocycles. The molecule has 27 heavy (non-hydrogen) atoms. The van der Waals surface area contributed by atoms with Crippen molar-refractivity contribution >= 4 is 27.5 Å². The molecule has 1 amide bonds. The number of hydrogen-bond acceptors (Lipinski definition) is 5. The zero-order valence-electron chi connectivity index (χ0n) is 15.3. The number of nitrogens with zero attached hydrogens (tertiary/aromatic N) is 2. The Morgan fingerprint density at radius 1 is 1.15 bits per heavy atom. The molecule has 2 aromatic carbocycles. The van der Waals surface area contributed by atoms with E-state index < -0.39 is 0 Å². The maximum atomic E-state index is 12.7. The lowest BCUT2D eigenvalue weighted by Crippen LogP contribution is -2.34. The average Bonchev–Trinajstić information content (AvgIpc) is 3.34. The Kier molecular flexibility index (Phi) is 5.25. The zero-order valence-corrected chi connectivity index (χ0v) is 16.1. The van der Waals surface area contributed by atoms with Gasteiger partial charge in [-0.1, -0.05) is 12.1 Å². The van der Waals surface area contributed by atoms with Crippen molar-refractivity contribution in [3.8, 4) is 11.5 Å². The first kappa shape index (κ1) is 17.8. The first-order valence-corrected chi connectivity index (χ1v) is 10.1. The second-order valence-corrected chi connectivity index (χ2v) is 7.52. The fraction of sp³-hybridized carbons (Fsp3) is 0.333. The highest BCUT2D eigenvalue weighted by molar-refractivity contribution is 7.18. The molecule has 140 valence electrons. The van der Waals surface area contributed by atoms with E-state index in [0.29, 0.717) is 12.4 Å². The molecule has 5 nitrogen and oxygen atoms in total. The fourth-order valence-corrected chi connectivity index (χ4v) is 4.50. The first-order chi connectivity index (χ1) is 13.2. The van der Waals surface area contributed by atoms with Crippen LogP contribution in [-0.2, 0) is 4.79 Å². The van der Waals surface area contributed by atoms with Crippen molar-refractivity contribution in [2.75, 3.05) is 19.8 Å². The van der Waals surface area contributed by atoms with Crippen LogP contribution in [0.4, 0.5) is 0 Å². The number of thiazole rings is 1. The van der Waals surface area contributed by atoms with E-state index in [1.165, 1.54) is 0 Å². The predicted molar refractivity (Wildman–Crippen MR) is 106 cm³/mol. The van der Waals surface area contributed by atoms with E-state index in [1.807, 2.05) is 54.3 Å². The third-order valence-corrected chi connectivity index (χ3v) is 5.80. The quantitative estimate of drug-likeness (QED) is 0.633. The van der Waals surface area contributed by atoms with E-state index in [0.717, 1.165) is 40.4 Å². The van der Waals surface area contributed by atoms with Crippen LogP contribution < -0.4 is 9.47 Å². The average molecular weight is 382 g/mol. The van der Waals surface area contributed by atoms with Crippen molar-refractivity contribution in [3.63, 3.8) is 0 Å². The maximum absolute atomic E-state index is 12.7. The van der Waals surface area contributed by atoms with E-state index in [4.69, 9.17) is 14.5 Å². The van der Waals surface area contributed by atoms with Gasteiger partial charge in [-0.15, -0.1) is 11.3 Å². The zero-order chi connectivity index (χ0) is 18.6. The Morgan fingerprint density at radius 2 is 1.89 bits per heavy atom. The minimum absolute atomic E-state index is 0.00522. The molecule has 0 N–H and O–H groups in total. The third-order valence-electron chi connectivity index (χ3n) is 4.67. The number of hydrogen-bond donors (Lipinski definition) is 0. The maximum Gasteiger partial charge on any atom is 0.261 e. The topological polar surface area (TPSA) is 51.7 Å². The molecular formula is C21H22N2O3S. The molecule has 2 heterocycles. The standard InChI is InChI=1S/C21H22N2O3S/c1-2-25-15-9-11-16(12-10-15)26-14-20(24)23-13-5-7-18(23)21-22-17-6-3-4-8-19(17)27-21/h3-4,6,8-12,18H,2,5,7,13-14H2,1H3. The fourth-order valence-electron chi connectivity index (χ4n) is 3.38. The first-order valence-electron chi connectivity index (χ1n) is 9.25. The van der Waals surface area contributed by atoms with E-state index in [-0.39, 0.29) is 18.6 Å². The molecule has 1 atom stereocenters.